The van der Waals surface area contributed by atoms with Gasteiger partial charge in [-0.1, -0.05) is 83.9 Å². The van der Waals surface area contributed by atoms with Crippen LogP contribution in [-0.4, -0.2) is 11.1 Å². The van der Waals surface area contributed by atoms with E-state index in [1.54, 1.807) is 24.3 Å². The van der Waals surface area contributed by atoms with Gasteiger partial charge in [-0.2, -0.15) is 0 Å². The second-order valence-electron chi connectivity index (χ2n) is 7.54. The molecule has 34 heavy (non-hydrogen) atoms. The number of para-hydroxylation sites is 1. The highest BCUT2D eigenvalue weighted by Crippen LogP contribution is 2.34. The Morgan fingerprint density at radius 1 is 0.941 bits per heavy atom. The van der Waals surface area contributed by atoms with Gasteiger partial charge in [0.05, 0.1) is 15.6 Å². The van der Waals surface area contributed by atoms with Gasteiger partial charge in [-0.15, -0.1) is 0 Å². The molecule has 4 aromatic rings. The van der Waals surface area contributed by atoms with E-state index in [4.69, 9.17) is 27.9 Å². The minimum Gasteiger partial charge on any atom is -0.488 e. The number of carbonyl (C=O) groups excluding carboxylic acids is 1. The van der Waals surface area contributed by atoms with Gasteiger partial charge in [-0.3, -0.25) is 4.79 Å². The molecule has 0 aliphatic carbocycles. The van der Waals surface area contributed by atoms with Gasteiger partial charge in [0.1, 0.15) is 12.4 Å². The molecule has 1 saturated heterocycles. The smallest absolute Gasteiger partial charge is 0.264 e. The van der Waals surface area contributed by atoms with Gasteiger partial charge in [0.2, 0.25) is 0 Å². The van der Waals surface area contributed by atoms with Crippen molar-refractivity contribution in [2.75, 3.05) is 0 Å². The van der Waals surface area contributed by atoms with Gasteiger partial charge in [0.15, 0.2) is 5.17 Å². The van der Waals surface area contributed by atoms with Crippen molar-refractivity contribution in [1.82, 2.24) is 5.32 Å². The molecule has 0 spiro atoms. The van der Waals surface area contributed by atoms with Crippen LogP contribution in [0.25, 0.3) is 16.8 Å². The first kappa shape index (κ1) is 22.5. The SMILES string of the molecule is O=C1NC(=Nc2cc(Cl)ccc2Cl)S/C1=C/c1ccccc1OCc1cccc2ccccc12. The monoisotopic (exact) mass is 504 g/mol. The number of benzene rings is 4. The summed E-state index contributed by atoms with van der Waals surface area (Å²) >= 11 is 13.5. The molecule has 0 unspecified atom stereocenters. The molecule has 4 nitrogen and oxygen atoms in total. The lowest BCUT2D eigenvalue weighted by Gasteiger charge is -2.11. The minimum atomic E-state index is -0.231. The van der Waals surface area contributed by atoms with E-state index in [9.17, 15) is 4.79 Å². The van der Waals surface area contributed by atoms with Gasteiger partial charge < -0.3 is 10.1 Å². The van der Waals surface area contributed by atoms with E-state index in [1.165, 1.54) is 17.1 Å². The highest BCUT2D eigenvalue weighted by molar-refractivity contribution is 8.18. The van der Waals surface area contributed by atoms with E-state index < -0.39 is 0 Å². The largest absolute Gasteiger partial charge is 0.488 e. The molecule has 0 radical (unpaired) electrons. The second kappa shape index (κ2) is 9.94. The van der Waals surface area contributed by atoms with Crippen LogP contribution < -0.4 is 10.1 Å². The number of halogens is 2. The first-order chi connectivity index (χ1) is 16.6. The summed E-state index contributed by atoms with van der Waals surface area (Å²) in [6, 6.07) is 27.1. The van der Waals surface area contributed by atoms with Crippen LogP contribution in [0.1, 0.15) is 11.1 Å². The third-order valence-corrected chi connectivity index (χ3v) is 6.71. The van der Waals surface area contributed by atoms with Crippen LogP contribution in [0.2, 0.25) is 10.0 Å². The Bertz CT molecular complexity index is 1460. The van der Waals surface area contributed by atoms with E-state index in [0.29, 0.717) is 38.2 Å². The fraction of sp³-hybridized carbons (Fsp3) is 0.0370. The Balaban J connectivity index is 1.38. The van der Waals surface area contributed by atoms with E-state index in [2.05, 4.69) is 34.6 Å². The van der Waals surface area contributed by atoms with Crippen molar-refractivity contribution >= 4 is 68.6 Å². The molecule has 7 heteroatoms. The van der Waals surface area contributed by atoms with Crippen molar-refractivity contribution in [2.45, 2.75) is 6.61 Å². The fourth-order valence-electron chi connectivity index (χ4n) is 3.61. The van der Waals surface area contributed by atoms with Crippen LogP contribution in [0.15, 0.2) is 94.8 Å². The van der Waals surface area contributed by atoms with Crippen molar-refractivity contribution in [2.24, 2.45) is 4.99 Å². The summed E-state index contributed by atoms with van der Waals surface area (Å²) < 4.78 is 6.18. The quantitative estimate of drug-likeness (QED) is 0.284. The normalized spacial score (nSPS) is 15.8. The Hall–Kier alpha value is -3.25. The van der Waals surface area contributed by atoms with Crippen molar-refractivity contribution in [3.8, 4) is 5.75 Å². The lowest BCUT2D eigenvalue weighted by molar-refractivity contribution is -0.115. The Kier molecular flexibility index (Phi) is 6.59. The van der Waals surface area contributed by atoms with Crippen LogP contribution in [0, 0.1) is 0 Å². The third kappa shape index (κ3) is 4.97. The number of amides is 1. The average Bonchev–Trinajstić information content (AvgIpc) is 3.19. The summed E-state index contributed by atoms with van der Waals surface area (Å²) in [5, 5.41) is 6.52. The van der Waals surface area contributed by atoms with Gasteiger partial charge in [-0.05, 0) is 58.4 Å². The Morgan fingerprint density at radius 3 is 2.65 bits per heavy atom. The zero-order valence-corrected chi connectivity index (χ0v) is 20.1. The first-order valence-corrected chi connectivity index (χ1v) is 12.1. The summed E-state index contributed by atoms with van der Waals surface area (Å²) in [5.41, 5.74) is 2.40. The molecule has 0 bridgehead atoms. The molecule has 1 fully saturated rings. The number of nitrogens with zero attached hydrogens (tertiary/aromatic N) is 1. The molecule has 1 N–H and O–H groups in total. The van der Waals surface area contributed by atoms with E-state index in [1.807, 2.05) is 42.5 Å². The summed E-state index contributed by atoms with van der Waals surface area (Å²) in [6.07, 6.45) is 1.81. The Morgan fingerprint density at radius 2 is 1.74 bits per heavy atom. The maximum atomic E-state index is 12.6. The number of rotatable bonds is 5. The predicted molar refractivity (Wildman–Crippen MR) is 142 cm³/mol. The van der Waals surface area contributed by atoms with E-state index in [-0.39, 0.29) is 5.91 Å². The van der Waals surface area contributed by atoms with E-state index in [0.717, 1.165) is 16.5 Å². The Labute approximate surface area is 211 Å². The maximum absolute atomic E-state index is 12.6. The van der Waals surface area contributed by atoms with Crippen molar-refractivity contribution in [3.63, 3.8) is 0 Å². The molecule has 0 atom stereocenters. The molecule has 1 amide bonds. The van der Waals surface area contributed by atoms with Gasteiger partial charge >= 0.3 is 0 Å². The number of fused-ring (bicyclic) bond motifs is 1. The molecule has 5 rings (SSSR count). The van der Waals surface area contributed by atoms with Crippen molar-refractivity contribution < 1.29 is 9.53 Å². The summed E-state index contributed by atoms with van der Waals surface area (Å²) in [7, 11) is 0. The highest BCUT2D eigenvalue weighted by Gasteiger charge is 2.24. The van der Waals surface area contributed by atoms with Crippen molar-refractivity contribution in [1.29, 1.82) is 0 Å². The summed E-state index contributed by atoms with van der Waals surface area (Å²) in [4.78, 5) is 17.5. The molecule has 168 valence electrons. The van der Waals surface area contributed by atoms with Gasteiger partial charge in [-0.25, -0.2) is 4.99 Å². The molecule has 0 saturated carbocycles. The van der Waals surface area contributed by atoms with Gasteiger partial charge in [0, 0.05) is 10.6 Å². The van der Waals surface area contributed by atoms with Crippen LogP contribution in [0.4, 0.5) is 5.69 Å². The number of aliphatic imine (C=N–C) groups is 1. The average molecular weight is 505 g/mol. The van der Waals surface area contributed by atoms with Crippen LogP contribution in [-0.2, 0) is 11.4 Å². The maximum Gasteiger partial charge on any atom is 0.264 e. The molecule has 1 aliphatic rings. The van der Waals surface area contributed by atoms with Crippen LogP contribution in [0.5, 0.6) is 5.75 Å². The van der Waals surface area contributed by atoms with Crippen LogP contribution in [0.3, 0.4) is 0 Å². The molecule has 1 aliphatic heterocycles. The first-order valence-electron chi connectivity index (χ1n) is 10.5. The van der Waals surface area contributed by atoms with Crippen LogP contribution >= 0.6 is 35.0 Å². The number of thioether (sulfide) groups is 1. The lowest BCUT2D eigenvalue weighted by atomic mass is 10.1. The molecule has 1 heterocycles. The lowest BCUT2D eigenvalue weighted by Crippen LogP contribution is -2.19. The molecular weight excluding hydrogens is 487 g/mol. The molecule has 4 aromatic carbocycles. The summed E-state index contributed by atoms with van der Waals surface area (Å²) in [6.45, 7) is 0.418. The van der Waals surface area contributed by atoms with E-state index >= 15 is 0 Å². The molecular formula is C27H18Cl2N2O2S. The fourth-order valence-corrected chi connectivity index (χ4v) is 4.76. The number of ether oxygens (including phenoxy) is 1. The minimum absolute atomic E-state index is 0.231. The zero-order chi connectivity index (χ0) is 23.5. The highest BCUT2D eigenvalue weighted by atomic mass is 35.5. The van der Waals surface area contributed by atoms with Gasteiger partial charge in [0.25, 0.3) is 5.91 Å². The number of hydrogen-bond acceptors (Lipinski definition) is 4. The second-order valence-corrected chi connectivity index (χ2v) is 9.42. The van der Waals surface area contributed by atoms with Crippen molar-refractivity contribution in [3.05, 3.63) is 111 Å². The number of hydrogen-bond donors (Lipinski definition) is 1. The standard InChI is InChI=1S/C27H18Cl2N2O2S/c28-20-12-13-22(29)23(15-20)30-27-31-26(32)25(34-27)14-18-7-2-4-11-24(18)33-16-19-9-5-8-17-6-1-3-10-21(17)19/h1-15H,16H2,(H,30,31,32)/b25-14+. The predicted octanol–water partition coefficient (Wildman–Crippen LogP) is 7.62. The third-order valence-electron chi connectivity index (χ3n) is 5.25. The number of amidine groups is 1. The number of carbonyl (C=O) groups is 1. The zero-order valence-electron chi connectivity index (χ0n) is 17.8. The number of nitrogens with one attached hydrogen (secondary N) is 1. The molecule has 0 aromatic heterocycles. The summed E-state index contributed by atoms with van der Waals surface area (Å²) in [5.74, 6) is 0.463. The topological polar surface area (TPSA) is 50.7 Å².